The lowest BCUT2D eigenvalue weighted by atomic mass is 9.97. The minimum atomic E-state index is -3.50. The number of nitrogens with zero attached hydrogens (tertiary/aromatic N) is 1. The molecule has 0 radical (unpaired) electrons. The Morgan fingerprint density at radius 2 is 1.88 bits per heavy atom. The SMILES string of the molecule is CNC(C)CNC(=O)C1CCN(S(=O)(=O)c2ccc(C)cc2C)CC1.Cl. The van der Waals surface area contributed by atoms with Crippen LogP contribution in [0.25, 0.3) is 0 Å². The van der Waals surface area contributed by atoms with Crippen LogP contribution in [0.1, 0.15) is 30.9 Å². The fraction of sp³-hybridized carbons (Fsp3) is 0.611. The van der Waals surface area contributed by atoms with Crippen molar-refractivity contribution >= 4 is 28.3 Å². The van der Waals surface area contributed by atoms with E-state index in [1.807, 2.05) is 40.0 Å². The molecule has 1 aliphatic heterocycles. The van der Waals surface area contributed by atoms with Crippen LogP contribution in [0.4, 0.5) is 0 Å². The third-order valence-corrected chi connectivity index (χ3v) is 6.91. The Bertz CT molecular complexity index is 716. The van der Waals surface area contributed by atoms with Gasteiger partial charge in [0.1, 0.15) is 0 Å². The zero-order valence-corrected chi connectivity index (χ0v) is 17.5. The van der Waals surface area contributed by atoms with Crippen LogP contribution < -0.4 is 10.6 Å². The van der Waals surface area contributed by atoms with Crippen LogP contribution in [0.15, 0.2) is 23.1 Å². The molecule has 1 atom stereocenters. The summed E-state index contributed by atoms with van der Waals surface area (Å²) in [6.07, 6.45) is 1.12. The zero-order chi connectivity index (χ0) is 18.6. The highest BCUT2D eigenvalue weighted by Gasteiger charge is 2.32. The fourth-order valence-electron chi connectivity index (χ4n) is 3.09. The number of aryl methyl sites for hydroxylation is 2. The second-order valence-corrected chi connectivity index (χ2v) is 8.79. The van der Waals surface area contributed by atoms with Gasteiger partial charge < -0.3 is 10.6 Å². The summed E-state index contributed by atoms with van der Waals surface area (Å²) >= 11 is 0. The topological polar surface area (TPSA) is 78.5 Å². The summed E-state index contributed by atoms with van der Waals surface area (Å²) in [7, 11) is -1.64. The lowest BCUT2D eigenvalue weighted by Gasteiger charge is -2.31. The zero-order valence-electron chi connectivity index (χ0n) is 15.9. The molecule has 2 N–H and O–H groups in total. The smallest absolute Gasteiger partial charge is 0.243 e. The molecule has 148 valence electrons. The van der Waals surface area contributed by atoms with Crippen LogP contribution in [-0.2, 0) is 14.8 Å². The lowest BCUT2D eigenvalue weighted by Crippen LogP contribution is -2.45. The van der Waals surface area contributed by atoms with Crippen molar-refractivity contribution in [3.05, 3.63) is 29.3 Å². The number of carbonyl (C=O) groups excluding carboxylic acids is 1. The molecule has 0 aliphatic carbocycles. The molecule has 1 aromatic rings. The summed E-state index contributed by atoms with van der Waals surface area (Å²) in [5.74, 6) is -0.0970. The summed E-state index contributed by atoms with van der Waals surface area (Å²) in [5, 5.41) is 6.01. The highest BCUT2D eigenvalue weighted by Crippen LogP contribution is 2.26. The van der Waals surface area contributed by atoms with Gasteiger partial charge in [0.25, 0.3) is 0 Å². The van der Waals surface area contributed by atoms with Crippen molar-refractivity contribution in [2.45, 2.75) is 44.6 Å². The molecule has 1 fully saturated rings. The van der Waals surface area contributed by atoms with Crippen molar-refractivity contribution in [1.82, 2.24) is 14.9 Å². The molecule has 0 aromatic heterocycles. The summed E-state index contributed by atoms with van der Waals surface area (Å²) in [5.41, 5.74) is 1.81. The summed E-state index contributed by atoms with van der Waals surface area (Å²) in [4.78, 5) is 12.6. The van der Waals surface area contributed by atoms with E-state index in [9.17, 15) is 13.2 Å². The van der Waals surface area contributed by atoms with E-state index in [1.165, 1.54) is 4.31 Å². The lowest BCUT2D eigenvalue weighted by molar-refractivity contribution is -0.126. The summed E-state index contributed by atoms with van der Waals surface area (Å²) < 4.78 is 27.2. The molecule has 0 saturated carbocycles. The Hall–Kier alpha value is -1.15. The largest absolute Gasteiger partial charge is 0.354 e. The first-order valence-corrected chi connectivity index (χ1v) is 10.2. The van der Waals surface area contributed by atoms with Gasteiger partial charge in [0, 0.05) is 31.6 Å². The maximum atomic E-state index is 12.9. The molecule has 26 heavy (non-hydrogen) atoms. The summed E-state index contributed by atoms with van der Waals surface area (Å²) in [6.45, 7) is 7.12. The number of likely N-dealkylation sites (N-methyl/N-ethyl adjacent to an activating group) is 1. The average molecular weight is 404 g/mol. The number of halogens is 1. The molecule has 8 heteroatoms. The third kappa shape index (κ3) is 5.42. The van der Waals surface area contributed by atoms with Gasteiger partial charge in [-0.2, -0.15) is 4.31 Å². The van der Waals surface area contributed by atoms with Crippen molar-refractivity contribution in [3.63, 3.8) is 0 Å². The van der Waals surface area contributed by atoms with Crippen LogP contribution in [0.2, 0.25) is 0 Å². The van der Waals surface area contributed by atoms with E-state index in [4.69, 9.17) is 0 Å². The first-order valence-electron chi connectivity index (χ1n) is 8.78. The molecule has 1 heterocycles. The molecule has 6 nitrogen and oxygen atoms in total. The fourth-order valence-corrected chi connectivity index (χ4v) is 4.76. The monoisotopic (exact) mass is 403 g/mol. The molecule has 0 bridgehead atoms. The number of hydrogen-bond donors (Lipinski definition) is 2. The molecule has 1 aliphatic rings. The number of rotatable bonds is 6. The van der Waals surface area contributed by atoms with Crippen molar-refractivity contribution < 1.29 is 13.2 Å². The molecule has 2 rings (SSSR count). The number of hydrogen-bond acceptors (Lipinski definition) is 4. The Morgan fingerprint density at radius 3 is 2.42 bits per heavy atom. The van der Waals surface area contributed by atoms with E-state index < -0.39 is 10.0 Å². The highest BCUT2D eigenvalue weighted by atomic mass is 35.5. The second kappa shape index (κ2) is 9.69. The van der Waals surface area contributed by atoms with Gasteiger partial charge >= 0.3 is 0 Å². The Labute approximate surface area is 163 Å². The van der Waals surface area contributed by atoms with E-state index in [0.717, 1.165) is 11.1 Å². The molecule has 1 amide bonds. The summed E-state index contributed by atoms with van der Waals surface area (Å²) in [6, 6.07) is 5.60. The van der Waals surface area contributed by atoms with Crippen LogP contribution in [-0.4, -0.2) is 51.4 Å². The number of amides is 1. The normalized spacial score (nSPS) is 17.4. The van der Waals surface area contributed by atoms with Gasteiger partial charge in [0.05, 0.1) is 4.90 Å². The van der Waals surface area contributed by atoms with Crippen LogP contribution in [0, 0.1) is 19.8 Å². The quantitative estimate of drug-likeness (QED) is 0.759. The maximum Gasteiger partial charge on any atom is 0.243 e. The minimum absolute atomic E-state index is 0. The first kappa shape index (κ1) is 22.9. The second-order valence-electron chi connectivity index (χ2n) is 6.88. The van der Waals surface area contributed by atoms with E-state index >= 15 is 0 Å². The van der Waals surface area contributed by atoms with Crippen LogP contribution in [0.5, 0.6) is 0 Å². The van der Waals surface area contributed by atoms with E-state index in [1.54, 1.807) is 6.07 Å². The predicted octanol–water partition coefficient (Wildman–Crippen LogP) is 1.85. The number of nitrogens with one attached hydrogen (secondary N) is 2. The molecular weight excluding hydrogens is 374 g/mol. The van der Waals surface area contributed by atoms with Crippen molar-refractivity contribution in [3.8, 4) is 0 Å². The average Bonchev–Trinajstić information content (AvgIpc) is 2.59. The third-order valence-electron chi connectivity index (χ3n) is 4.85. The van der Waals surface area contributed by atoms with Gasteiger partial charge in [0.2, 0.25) is 15.9 Å². The molecule has 1 aromatic carbocycles. The van der Waals surface area contributed by atoms with Gasteiger partial charge in [0.15, 0.2) is 0 Å². The van der Waals surface area contributed by atoms with E-state index in [0.29, 0.717) is 37.4 Å². The molecule has 1 saturated heterocycles. The van der Waals surface area contributed by atoms with Crippen LogP contribution >= 0.6 is 12.4 Å². The van der Waals surface area contributed by atoms with Crippen molar-refractivity contribution in [1.29, 1.82) is 0 Å². The van der Waals surface area contributed by atoms with E-state index in [2.05, 4.69) is 10.6 Å². The maximum absolute atomic E-state index is 12.9. The standard InChI is InChI=1S/C18H29N3O3S.ClH/c1-13-5-6-17(14(2)11-13)25(23,24)21-9-7-16(8-10-21)18(22)20-12-15(3)19-4;/h5-6,11,15-16,19H,7-10,12H2,1-4H3,(H,20,22);1H. The van der Waals surface area contributed by atoms with Crippen molar-refractivity contribution in [2.24, 2.45) is 5.92 Å². The predicted molar refractivity (Wildman–Crippen MR) is 106 cm³/mol. The van der Waals surface area contributed by atoms with Crippen molar-refractivity contribution in [2.75, 3.05) is 26.7 Å². The number of piperidine rings is 1. The molecular formula is C18H30ClN3O3S. The van der Waals surface area contributed by atoms with Gasteiger partial charge in [-0.1, -0.05) is 17.7 Å². The Morgan fingerprint density at radius 1 is 1.27 bits per heavy atom. The van der Waals surface area contributed by atoms with E-state index in [-0.39, 0.29) is 30.3 Å². The molecule has 0 spiro atoms. The highest BCUT2D eigenvalue weighted by molar-refractivity contribution is 7.89. The number of sulfonamides is 1. The molecule has 1 unspecified atom stereocenters. The first-order chi connectivity index (χ1) is 11.8. The Kier molecular flexibility index (Phi) is 8.53. The number of carbonyl (C=O) groups is 1. The Balaban J connectivity index is 0.00000338. The van der Waals surface area contributed by atoms with Gasteiger partial charge in [-0.3, -0.25) is 4.79 Å². The van der Waals surface area contributed by atoms with Gasteiger partial charge in [-0.15, -0.1) is 12.4 Å². The van der Waals surface area contributed by atoms with Crippen LogP contribution in [0.3, 0.4) is 0 Å². The van der Waals surface area contributed by atoms with Gasteiger partial charge in [-0.05, 0) is 52.3 Å². The minimum Gasteiger partial charge on any atom is -0.354 e. The number of benzene rings is 1. The van der Waals surface area contributed by atoms with Gasteiger partial charge in [-0.25, -0.2) is 8.42 Å².